The highest BCUT2D eigenvalue weighted by atomic mass is 16.5. The topological polar surface area (TPSA) is 29.5 Å². The van der Waals surface area contributed by atoms with Crippen molar-refractivity contribution in [2.45, 2.75) is 39.0 Å². The first-order chi connectivity index (χ1) is 7.41. The van der Waals surface area contributed by atoms with E-state index in [0.717, 1.165) is 11.3 Å². The molecule has 0 aromatic heterocycles. The van der Waals surface area contributed by atoms with Gasteiger partial charge in [0.2, 0.25) is 0 Å². The Kier molecular flexibility index (Phi) is 3.98. The Labute approximate surface area is 98.3 Å². The lowest BCUT2D eigenvalue weighted by atomic mass is 9.83. The molecule has 1 aromatic carbocycles. The second kappa shape index (κ2) is 4.88. The molecule has 1 N–H and O–H groups in total. The molecule has 0 spiro atoms. The fraction of sp³-hybridized carbons (Fsp3) is 0.571. The molecule has 2 heteroatoms. The molecule has 0 amide bonds. The smallest absolute Gasteiger partial charge is 0.126 e. The Bertz CT molecular complexity index is 350. The van der Waals surface area contributed by atoms with Crippen molar-refractivity contribution in [1.29, 1.82) is 0 Å². The van der Waals surface area contributed by atoms with Crippen molar-refractivity contribution in [3.05, 3.63) is 29.3 Å². The molecular weight excluding hydrogens is 200 g/mol. The van der Waals surface area contributed by atoms with Crippen molar-refractivity contribution in [1.82, 2.24) is 0 Å². The summed E-state index contributed by atoms with van der Waals surface area (Å²) in [7, 11) is 1.69. The van der Waals surface area contributed by atoms with E-state index in [1.54, 1.807) is 7.11 Å². The zero-order chi connectivity index (χ0) is 12.3. The molecule has 0 saturated carbocycles. The Morgan fingerprint density at radius 2 is 1.94 bits per heavy atom. The van der Waals surface area contributed by atoms with E-state index in [2.05, 4.69) is 26.8 Å². The van der Waals surface area contributed by atoms with Crippen LogP contribution in [0.5, 0.6) is 5.75 Å². The van der Waals surface area contributed by atoms with Crippen LogP contribution in [0.2, 0.25) is 0 Å². The van der Waals surface area contributed by atoms with Crippen molar-refractivity contribution >= 4 is 0 Å². The molecule has 2 nitrogen and oxygen atoms in total. The fourth-order valence-corrected chi connectivity index (χ4v) is 1.86. The number of hydrogen-bond donors (Lipinski definition) is 1. The third-order valence-electron chi connectivity index (χ3n) is 2.86. The largest absolute Gasteiger partial charge is 0.496 e. The van der Waals surface area contributed by atoms with Gasteiger partial charge in [0.05, 0.1) is 7.11 Å². The monoisotopic (exact) mass is 222 g/mol. The molecule has 0 heterocycles. The van der Waals surface area contributed by atoms with Crippen LogP contribution in [0.25, 0.3) is 0 Å². The van der Waals surface area contributed by atoms with Gasteiger partial charge in [-0.05, 0) is 16.5 Å². The normalized spacial score (nSPS) is 13.6. The highest BCUT2D eigenvalue weighted by Crippen LogP contribution is 2.36. The van der Waals surface area contributed by atoms with Crippen LogP contribution in [0.1, 0.15) is 44.7 Å². The Balaban J connectivity index is 3.32. The summed E-state index contributed by atoms with van der Waals surface area (Å²) in [6.45, 7) is 8.64. The highest BCUT2D eigenvalue weighted by molar-refractivity contribution is 5.46. The molecule has 0 bridgehead atoms. The van der Waals surface area contributed by atoms with Crippen molar-refractivity contribution < 1.29 is 9.84 Å². The zero-order valence-corrected chi connectivity index (χ0v) is 10.9. The predicted octanol–water partition coefficient (Wildman–Crippen LogP) is 3.09. The van der Waals surface area contributed by atoms with Gasteiger partial charge in [-0.25, -0.2) is 0 Å². The van der Waals surface area contributed by atoms with Gasteiger partial charge in [-0.2, -0.15) is 0 Å². The molecule has 0 fully saturated rings. The number of hydrogen-bond acceptors (Lipinski definition) is 2. The molecule has 1 unspecified atom stereocenters. The van der Waals surface area contributed by atoms with E-state index in [0.29, 0.717) is 0 Å². The second-order valence-corrected chi connectivity index (χ2v) is 5.26. The number of aliphatic hydroxyl groups is 1. The van der Waals surface area contributed by atoms with E-state index in [1.807, 2.05) is 19.1 Å². The molecule has 1 aromatic rings. The number of benzene rings is 1. The van der Waals surface area contributed by atoms with Crippen LogP contribution in [0.15, 0.2) is 18.2 Å². The SMILES string of the molecule is COc1c(C(C)CO)cccc1C(C)(C)C. The Morgan fingerprint density at radius 1 is 1.31 bits per heavy atom. The lowest BCUT2D eigenvalue weighted by molar-refractivity contribution is 0.269. The maximum atomic E-state index is 9.25. The van der Waals surface area contributed by atoms with Gasteiger partial charge in [0.15, 0.2) is 0 Å². The molecule has 1 atom stereocenters. The summed E-state index contributed by atoms with van der Waals surface area (Å²) in [5, 5.41) is 9.25. The summed E-state index contributed by atoms with van der Waals surface area (Å²) in [6, 6.07) is 6.14. The van der Waals surface area contributed by atoms with Crippen LogP contribution in [-0.2, 0) is 5.41 Å². The average Bonchev–Trinajstić information content (AvgIpc) is 2.25. The van der Waals surface area contributed by atoms with Crippen LogP contribution < -0.4 is 4.74 Å². The van der Waals surface area contributed by atoms with E-state index >= 15 is 0 Å². The number of ether oxygens (including phenoxy) is 1. The van der Waals surface area contributed by atoms with Gasteiger partial charge in [-0.3, -0.25) is 0 Å². The Morgan fingerprint density at radius 3 is 2.38 bits per heavy atom. The molecule has 16 heavy (non-hydrogen) atoms. The molecule has 0 saturated heterocycles. The third kappa shape index (κ3) is 2.56. The summed E-state index contributed by atoms with van der Waals surface area (Å²) in [5.41, 5.74) is 2.32. The van der Waals surface area contributed by atoms with Gasteiger partial charge < -0.3 is 9.84 Å². The van der Waals surface area contributed by atoms with Crippen molar-refractivity contribution in [3.63, 3.8) is 0 Å². The van der Waals surface area contributed by atoms with Crippen LogP contribution >= 0.6 is 0 Å². The zero-order valence-electron chi connectivity index (χ0n) is 10.9. The number of aliphatic hydroxyl groups excluding tert-OH is 1. The predicted molar refractivity (Wildman–Crippen MR) is 67.2 cm³/mol. The van der Waals surface area contributed by atoms with E-state index in [-0.39, 0.29) is 17.9 Å². The minimum absolute atomic E-state index is 0.0521. The standard InChI is InChI=1S/C14H22O2/c1-10(9-15)11-7-6-8-12(13(11)16-5)14(2,3)4/h6-8,10,15H,9H2,1-5H3. The van der Waals surface area contributed by atoms with Gasteiger partial charge in [0, 0.05) is 12.5 Å². The summed E-state index contributed by atoms with van der Waals surface area (Å²) >= 11 is 0. The Hall–Kier alpha value is -1.02. The van der Waals surface area contributed by atoms with Gasteiger partial charge >= 0.3 is 0 Å². The van der Waals surface area contributed by atoms with E-state index in [4.69, 9.17) is 4.74 Å². The second-order valence-electron chi connectivity index (χ2n) is 5.26. The summed E-state index contributed by atoms with van der Waals surface area (Å²) in [4.78, 5) is 0. The van der Waals surface area contributed by atoms with E-state index < -0.39 is 0 Å². The molecular formula is C14H22O2. The maximum Gasteiger partial charge on any atom is 0.126 e. The first kappa shape index (κ1) is 13.0. The lowest BCUT2D eigenvalue weighted by Crippen LogP contribution is -2.15. The molecule has 0 radical (unpaired) electrons. The maximum absolute atomic E-state index is 9.25. The van der Waals surface area contributed by atoms with Crippen molar-refractivity contribution in [3.8, 4) is 5.75 Å². The van der Waals surface area contributed by atoms with Gasteiger partial charge in [0.25, 0.3) is 0 Å². The molecule has 0 aliphatic heterocycles. The van der Waals surface area contributed by atoms with Crippen LogP contribution in [-0.4, -0.2) is 18.8 Å². The van der Waals surface area contributed by atoms with Crippen molar-refractivity contribution in [2.75, 3.05) is 13.7 Å². The molecule has 1 rings (SSSR count). The van der Waals surface area contributed by atoms with E-state index in [9.17, 15) is 5.11 Å². The summed E-state index contributed by atoms with van der Waals surface area (Å²) in [6.07, 6.45) is 0. The molecule has 90 valence electrons. The number of rotatable bonds is 3. The van der Waals surface area contributed by atoms with E-state index in [1.165, 1.54) is 5.56 Å². The quantitative estimate of drug-likeness (QED) is 0.851. The average molecular weight is 222 g/mol. The highest BCUT2D eigenvalue weighted by Gasteiger charge is 2.22. The number of methoxy groups -OCH3 is 1. The minimum Gasteiger partial charge on any atom is -0.496 e. The first-order valence-corrected chi connectivity index (χ1v) is 5.70. The summed E-state index contributed by atoms with van der Waals surface area (Å²) in [5.74, 6) is 1.02. The molecule has 0 aliphatic rings. The minimum atomic E-state index is 0.0521. The van der Waals surface area contributed by atoms with Gasteiger partial charge in [-0.15, -0.1) is 0 Å². The van der Waals surface area contributed by atoms with Gasteiger partial charge in [0.1, 0.15) is 5.75 Å². The van der Waals surface area contributed by atoms with Gasteiger partial charge in [-0.1, -0.05) is 45.9 Å². The summed E-state index contributed by atoms with van der Waals surface area (Å²) < 4.78 is 5.51. The molecule has 0 aliphatic carbocycles. The van der Waals surface area contributed by atoms with Crippen molar-refractivity contribution in [2.24, 2.45) is 0 Å². The first-order valence-electron chi connectivity index (χ1n) is 5.70. The number of para-hydroxylation sites is 1. The van der Waals surface area contributed by atoms with Crippen LogP contribution in [0.3, 0.4) is 0 Å². The lowest BCUT2D eigenvalue weighted by Gasteiger charge is -2.25. The fourth-order valence-electron chi connectivity index (χ4n) is 1.86. The van der Waals surface area contributed by atoms with Crippen LogP contribution in [0.4, 0.5) is 0 Å². The van der Waals surface area contributed by atoms with Crippen LogP contribution in [0, 0.1) is 0 Å². The third-order valence-corrected chi connectivity index (χ3v) is 2.86.